The van der Waals surface area contributed by atoms with Crippen LogP contribution in [-0.4, -0.2) is 12.9 Å². The van der Waals surface area contributed by atoms with Crippen LogP contribution < -0.4 is 4.74 Å². The van der Waals surface area contributed by atoms with E-state index in [0.29, 0.717) is 16.1 Å². The average Bonchev–Trinajstić information content (AvgIpc) is 2.42. The second-order valence-electron chi connectivity index (χ2n) is 4.52. The van der Waals surface area contributed by atoms with Crippen LogP contribution >= 0.6 is 11.6 Å². The summed E-state index contributed by atoms with van der Waals surface area (Å²) in [6, 6.07) is 9.36. The number of Topliss-reactive ketones (excluding diaryl/α,β-unsaturated/α-hetero) is 1. The topological polar surface area (TPSA) is 26.3 Å². The molecule has 0 aliphatic carbocycles. The molecule has 0 bridgehead atoms. The molecule has 0 saturated heterocycles. The number of ether oxygens (including phenoxy) is 1. The Bertz CT molecular complexity index is 653. The van der Waals surface area contributed by atoms with Crippen molar-refractivity contribution in [1.82, 2.24) is 0 Å². The molecular weight excluding hydrogens is 279 g/mol. The first-order valence-electron chi connectivity index (χ1n) is 6.13. The quantitative estimate of drug-likeness (QED) is 0.789. The summed E-state index contributed by atoms with van der Waals surface area (Å²) in [4.78, 5) is 12.2. The number of hydrogen-bond acceptors (Lipinski definition) is 2. The lowest BCUT2D eigenvalue weighted by atomic mass is 10.0. The van der Waals surface area contributed by atoms with Crippen molar-refractivity contribution in [2.75, 3.05) is 7.11 Å². The first-order chi connectivity index (χ1) is 9.51. The van der Waals surface area contributed by atoms with E-state index in [4.69, 9.17) is 16.3 Å². The molecule has 2 aromatic carbocycles. The second-order valence-corrected chi connectivity index (χ2v) is 4.96. The van der Waals surface area contributed by atoms with Gasteiger partial charge in [0.2, 0.25) is 0 Å². The number of carbonyl (C=O) groups excluding carboxylic acids is 1. The third-order valence-electron chi connectivity index (χ3n) is 3.08. The molecule has 0 unspecified atom stereocenters. The minimum absolute atomic E-state index is 0.0157. The van der Waals surface area contributed by atoms with E-state index in [0.717, 1.165) is 11.3 Å². The van der Waals surface area contributed by atoms with Gasteiger partial charge in [0.25, 0.3) is 0 Å². The van der Waals surface area contributed by atoms with Crippen molar-refractivity contribution >= 4 is 17.4 Å². The summed E-state index contributed by atoms with van der Waals surface area (Å²) in [5.74, 6) is 0.139. The molecule has 4 heteroatoms. The van der Waals surface area contributed by atoms with E-state index in [-0.39, 0.29) is 12.2 Å². The largest absolute Gasteiger partial charge is 0.496 e. The van der Waals surface area contributed by atoms with Gasteiger partial charge in [-0.05, 0) is 54.4 Å². The van der Waals surface area contributed by atoms with Gasteiger partial charge in [-0.15, -0.1) is 0 Å². The van der Waals surface area contributed by atoms with Gasteiger partial charge in [0.1, 0.15) is 11.6 Å². The highest BCUT2D eigenvalue weighted by Crippen LogP contribution is 2.21. The predicted octanol–water partition coefficient (Wildman–Crippen LogP) is 4.22. The summed E-state index contributed by atoms with van der Waals surface area (Å²) < 4.78 is 18.8. The van der Waals surface area contributed by atoms with Crippen molar-refractivity contribution in [2.45, 2.75) is 13.3 Å². The van der Waals surface area contributed by atoms with Gasteiger partial charge >= 0.3 is 0 Å². The first kappa shape index (κ1) is 14.5. The standard InChI is InChI=1S/C16H14ClFO2/c1-10-7-11(3-6-16(10)20-2)15(19)9-12-8-13(17)4-5-14(12)18/h3-8H,9H2,1-2H3. The molecule has 0 atom stereocenters. The summed E-state index contributed by atoms with van der Waals surface area (Å²) in [6.45, 7) is 1.86. The zero-order chi connectivity index (χ0) is 14.7. The van der Waals surface area contributed by atoms with E-state index in [1.165, 1.54) is 18.2 Å². The molecule has 0 amide bonds. The normalized spacial score (nSPS) is 10.4. The van der Waals surface area contributed by atoms with E-state index in [9.17, 15) is 9.18 Å². The molecular formula is C16H14ClFO2. The Kier molecular flexibility index (Phi) is 4.40. The Hall–Kier alpha value is -1.87. The molecule has 0 spiro atoms. The van der Waals surface area contributed by atoms with Crippen LogP contribution in [-0.2, 0) is 6.42 Å². The average molecular weight is 293 g/mol. The minimum Gasteiger partial charge on any atom is -0.496 e. The monoisotopic (exact) mass is 292 g/mol. The van der Waals surface area contributed by atoms with Crippen LogP contribution in [0.5, 0.6) is 5.75 Å². The van der Waals surface area contributed by atoms with Crippen molar-refractivity contribution in [2.24, 2.45) is 0 Å². The maximum Gasteiger partial charge on any atom is 0.167 e. The molecule has 0 heterocycles. The SMILES string of the molecule is COc1ccc(C(=O)Cc2cc(Cl)ccc2F)cc1C. The number of hydrogen-bond donors (Lipinski definition) is 0. The number of rotatable bonds is 4. The number of benzene rings is 2. The smallest absolute Gasteiger partial charge is 0.167 e. The van der Waals surface area contributed by atoms with Gasteiger partial charge in [-0.1, -0.05) is 11.6 Å². The first-order valence-corrected chi connectivity index (χ1v) is 6.51. The van der Waals surface area contributed by atoms with E-state index < -0.39 is 5.82 Å². The van der Waals surface area contributed by atoms with Gasteiger partial charge in [-0.25, -0.2) is 4.39 Å². The van der Waals surface area contributed by atoms with Crippen molar-refractivity contribution in [3.8, 4) is 5.75 Å². The van der Waals surface area contributed by atoms with Gasteiger partial charge in [0.15, 0.2) is 5.78 Å². The van der Waals surface area contributed by atoms with Crippen molar-refractivity contribution < 1.29 is 13.9 Å². The molecule has 0 aliphatic heterocycles. The number of methoxy groups -OCH3 is 1. The van der Waals surface area contributed by atoms with Crippen LogP contribution in [0.25, 0.3) is 0 Å². The highest BCUT2D eigenvalue weighted by atomic mass is 35.5. The molecule has 0 aliphatic rings. The fourth-order valence-electron chi connectivity index (χ4n) is 2.01. The number of carbonyl (C=O) groups is 1. The molecule has 2 rings (SSSR count). The molecule has 0 aromatic heterocycles. The second kappa shape index (κ2) is 6.06. The van der Waals surface area contributed by atoms with Crippen LogP contribution in [0.15, 0.2) is 36.4 Å². The number of ketones is 1. The molecule has 104 valence electrons. The number of halogens is 2. The van der Waals surface area contributed by atoms with E-state index in [2.05, 4.69) is 0 Å². The van der Waals surface area contributed by atoms with Crippen LogP contribution in [0.2, 0.25) is 5.02 Å². The van der Waals surface area contributed by atoms with Gasteiger partial charge in [-0.2, -0.15) is 0 Å². The summed E-state index contributed by atoms with van der Waals surface area (Å²) in [5, 5.41) is 0.417. The Balaban J connectivity index is 2.24. The lowest BCUT2D eigenvalue weighted by Gasteiger charge is -2.07. The van der Waals surface area contributed by atoms with Crippen molar-refractivity contribution in [1.29, 1.82) is 0 Å². The summed E-state index contributed by atoms with van der Waals surface area (Å²) in [6.07, 6.45) is -0.0157. The van der Waals surface area contributed by atoms with Crippen molar-refractivity contribution in [3.63, 3.8) is 0 Å². The molecule has 2 aromatic rings. The molecule has 0 saturated carbocycles. The van der Waals surface area contributed by atoms with Crippen LogP contribution in [0.4, 0.5) is 4.39 Å². The fraction of sp³-hybridized carbons (Fsp3) is 0.188. The zero-order valence-corrected chi connectivity index (χ0v) is 12.0. The lowest BCUT2D eigenvalue weighted by Crippen LogP contribution is -2.06. The van der Waals surface area contributed by atoms with E-state index >= 15 is 0 Å². The highest BCUT2D eigenvalue weighted by Gasteiger charge is 2.12. The van der Waals surface area contributed by atoms with Crippen molar-refractivity contribution in [3.05, 3.63) is 63.9 Å². The Morgan fingerprint density at radius 1 is 1.25 bits per heavy atom. The van der Waals surface area contributed by atoms with E-state index in [1.807, 2.05) is 6.92 Å². The molecule has 0 N–H and O–H groups in total. The van der Waals surface area contributed by atoms with Gasteiger partial charge < -0.3 is 4.74 Å². The van der Waals surface area contributed by atoms with Crippen LogP contribution in [0.3, 0.4) is 0 Å². The highest BCUT2D eigenvalue weighted by molar-refractivity contribution is 6.30. The Morgan fingerprint density at radius 2 is 2.00 bits per heavy atom. The van der Waals surface area contributed by atoms with Crippen LogP contribution in [0.1, 0.15) is 21.5 Å². The number of aryl methyl sites for hydroxylation is 1. The van der Waals surface area contributed by atoms with Gasteiger partial charge in [-0.3, -0.25) is 4.79 Å². The minimum atomic E-state index is -0.423. The molecule has 0 fully saturated rings. The summed E-state index contributed by atoms with van der Waals surface area (Å²) in [5.41, 5.74) is 1.70. The maximum absolute atomic E-state index is 13.6. The third-order valence-corrected chi connectivity index (χ3v) is 3.31. The summed E-state index contributed by atoms with van der Waals surface area (Å²) in [7, 11) is 1.57. The maximum atomic E-state index is 13.6. The predicted molar refractivity (Wildman–Crippen MR) is 77.2 cm³/mol. The van der Waals surface area contributed by atoms with E-state index in [1.54, 1.807) is 25.3 Å². The van der Waals surface area contributed by atoms with Crippen LogP contribution in [0, 0.1) is 12.7 Å². The lowest BCUT2D eigenvalue weighted by molar-refractivity contribution is 0.0991. The fourth-order valence-corrected chi connectivity index (χ4v) is 2.20. The molecule has 0 radical (unpaired) electrons. The summed E-state index contributed by atoms with van der Waals surface area (Å²) >= 11 is 5.82. The van der Waals surface area contributed by atoms with Gasteiger partial charge in [0.05, 0.1) is 7.11 Å². The third kappa shape index (κ3) is 3.17. The zero-order valence-electron chi connectivity index (χ0n) is 11.2. The van der Waals surface area contributed by atoms with Gasteiger partial charge in [0, 0.05) is 17.0 Å². The Morgan fingerprint density at radius 3 is 2.65 bits per heavy atom. The molecule has 20 heavy (non-hydrogen) atoms. The Labute approximate surface area is 122 Å². The molecule has 2 nitrogen and oxygen atoms in total.